The average Bonchev–Trinajstić information content (AvgIpc) is 3.19. The first-order valence-electron chi connectivity index (χ1n) is 10.8. The number of carbonyl (C=O) groups excluding carboxylic acids is 2. The molecule has 8 nitrogen and oxygen atoms in total. The maximum atomic E-state index is 13.7. The van der Waals surface area contributed by atoms with E-state index in [0.717, 1.165) is 40.3 Å². The van der Waals surface area contributed by atoms with E-state index in [0.29, 0.717) is 0 Å². The molecule has 0 bridgehead atoms. The number of carbonyl (C=O) groups is 2. The van der Waals surface area contributed by atoms with Crippen LogP contribution in [0.4, 0.5) is 23.7 Å². The van der Waals surface area contributed by atoms with Crippen LogP contribution in [0.15, 0.2) is 58.6 Å². The first-order chi connectivity index (χ1) is 16.9. The predicted molar refractivity (Wildman–Crippen MR) is 121 cm³/mol. The summed E-state index contributed by atoms with van der Waals surface area (Å²) in [5.41, 5.74) is -0.747. The molecule has 1 aliphatic heterocycles. The van der Waals surface area contributed by atoms with E-state index in [1.54, 1.807) is 0 Å². The third kappa shape index (κ3) is 4.36. The average molecular weight is 520 g/mol. The van der Waals surface area contributed by atoms with Crippen molar-refractivity contribution >= 4 is 27.3 Å². The Morgan fingerprint density at radius 1 is 1.14 bits per heavy atom. The van der Waals surface area contributed by atoms with Crippen molar-refractivity contribution in [3.8, 4) is 6.07 Å². The van der Waals surface area contributed by atoms with Crippen molar-refractivity contribution in [2.24, 2.45) is 0 Å². The highest BCUT2D eigenvalue weighted by Crippen LogP contribution is 2.46. The number of nitriles is 1. The first-order valence-corrected chi connectivity index (χ1v) is 12.7. The number of β-amino-alcohol motifs (C(OH)–C–C–N with tert-alkyl or cyclic N) is 1. The summed E-state index contributed by atoms with van der Waals surface area (Å²) in [5.74, 6) is -0.397. The third-order valence-electron chi connectivity index (χ3n) is 6.10. The van der Waals surface area contributed by atoms with Crippen LogP contribution >= 0.6 is 0 Å². The van der Waals surface area contributed by atoms with Gasteiger partial charge in [0.2, 0.25) is 0 Å². The van der Waals surface area contributed by atoms with Crippen molar-refractivity contribution in [3.63, 3.8) is 0 Å². The van der Waals surface area contributed by atoms with E-state index < -0.39 is 46.0 Å². The van der Waals surface area contributed by atoms with Gasteiger partial charge >= 0.3 is 12.2 Å². The number of urea groups is 1. The van der Waals surface area contributed by atoms with Gasteiger partial charge in [-0.25, -0.2) is 13.2 Å². The van der Waals surface area contributed by atoms with Crippen LogP contribution in [0.25, 0.3) is 0 Å². The number of nitrogens with zero attached hydrogens (tertiary/aromatic N) is 3. The van der Waals surface area contributed by atoms with Crippen molar-refractivity contribution in [1.82, 2.24) is 4.90 Å². The SMILES string of the molecule is CS(=O)(=O)c1cc(C#N)ccc1C1C2=C(CCC2=O)N(c2cccc(C(F)(F)F)c2)C(=O)N1CCO. The molecule has 1 heterocycles. The molecule has 2 aromatic rings. The molecule has 2 aliphatic rings. The number of amides is 2. The summed E-state index contributed by atoms with van der Waals surface area (Å²) in [6.07, 6.45) is -3.71. The van der Waals surface area contributed by atoms with Crippen molar-refractivity contribution in [1.29, 1.82) is 5.26 Å². The zero-order chi connectivity index (χ0) is 26.4. The van der Waals surface area contributed by atoms with E-state index in [1.807, 2.05) is 6.07 Å². The Kier molecular flexibility index (Phi) is 6.40. The quantitative estimate of drug-likeness (QED) is 0.645. The zero-order valence-electron chi connectivity index (χ0n) is 18.9. The minimum absolute atomic E-state index is 0.0264. The minimum Gasteiger partial charge on any atom is -0.395 e. The van der Waals surface area contributed by atoms with Gasteiger partial charge < -0.3 is 10.0 Å². The van der Waals surface area contributed by atoms with Crippen LogP contribution in [-0.2, 0) is 20.8 Å². The molecule has 2 aromatic carbocycles. The fourth-order valence-corrected chi connectivity index (χ4v) is 5.56. The van der Waals surface area contributed by atoms with Crippen molar-refractivity contribution in [2.45, 2.75) is 30.0 Å². The number of aliphatic hydroxyl groups is 1. The van der Waals surface area contributed by atoms with E-state index in [4.69, 9.17) is 0 Å². The Morgan fingerprint density at radius 3 is 2.47 bits per heavy atom. The summed E-state index contributed by atoms with van der Waals surface area (Å²) < 4.78 is 65.3. The Hall–Kier alpha value is -3.69. The minimum atomic E-state index is -4.67. The van der Waals surface area contributed by atoms with Gasteiger partial charge in [0.25, 0.3) is 0 Å². The lowest BCUT2D eigenvalue weighted by Crippen LogP contribution is -2.51. The fourth-order valence-electron chi connectivity index (χ4n) is 4.61. The van der Waals surface area contributed by atoms with Gasteiger partial charge in [-0.15, -0.1) is 0 Å². The highest BCUT2D eigenvalue weighted by molar-refractivity contribution is 7.90. The van der Waals surface area contributed by atoms with Crippen LogP contribution in [0, 0.1) is 11.3 Å². The largest absolute Gasteiger partial charge is 0.416 e. The molecule has 0 radical (unpaired) electrons. The van der Waals surface area contributed by atoms with Crippen molar-refractivity contribution in [2.75, 3.05) is 24.3 Å². The number of Topliss-reactive ketones (excluding diaryl/α,β-unsaturated/α-hetero) is 1. The highest BCUT2D eigenvalue weighted by atomic mass is 32.2. The Labute approximate surface area is 204 Å². The van der Waals surface area contributed by atoms with Gasteiger partial charge in [-0.3, -0.25) is 9.69 Å². The second-order valence-corrected chi connectivity index (χ2v) is 10.4. The molecular formula is C24H20F3N3O5S. The molecule has 4 rings (SSSR count). The maximum absolute atomic E-state index is 13.7. The number of hydrogen-bond donors (Lipinski definition) is 1. The second-order valence-electron chi connectivity index (χ2n) is 8.41. The molecule has 0 saturated heterocycles. The molecule has 1 unspecified atom stereocenters. The summed E-state index contributed by atoms with van der Waals surface area (Å²) >= 11 is 0. The van der Waals surface area contributed by atoms with Crippen molar-refractivity contribution < 1.29 is 36.3 Å². The summed E-state index contributed by atoms with van der Waals surface area (Å²) in [5, 5.41) is 19.0. The van der Waals surface area contributed by atoms with E-state index in [9.17, 15) is 41.5 Å². The normalized spacial score (nSPS) is 18.5. The standard InChI is InChI=1S/C24H20F3N3O5S/c1-36(34,35)20-11-14(13-28)5-6-17(20)22-21-18(7-8-19(21)32)30(23(33)29(22)9-10-31)16-4-2-3-15(12-16)24(25,26)27/h2-6,11-12,22,31H,7-10H2,1H3. The van der Waals surface area contributed by atoms with Gasteiger partial charge in [0.05, 0.1) is 40.4 Å². The second kappa shape index (κ2) is 9.07. The Bertz CT molecular complexity index is 1440. The maximum Gasteiger partial charge on any atom is 0.416 e. The predicted octanol–water partition coefficient (Wildman–Crippen LogP) is 3.57. The molecule has 1 aliphatic carbocycles. The molecule has 0 fully saturated rings. The van der Waals surface area contributed by atoms with Crippen LogP contribution in [-0.4, -0.2) is 49.6 Å². The van der Waals surface area contributed by atoms with E-state index >= 15 is 0 Å². The van der Waals surface area contributed by atoms with Crippen molar-refractivity contribution in [3.05, 3.63) is 70.4 Å². The molecule has 0 saturated carbocycles. The molecule has 188 valence electrons. The van der Waals surface area contributed by atoms with Gasteiger partial charge in [0, 0.05) is 30.5 Å². The third-order valence-corrected chi connectivity index (χ3v) is 7.25. The molecule has 0 aromatic heterocycles. The lowest BCUT2D eigenvalue weighted by Gasteiger charge is -2.42. The smallest absolute Gasteiger partial charge is 0.395 e. The van der Waals surface area contributed by atoms with Gasteiger partial charge in [0.1, 0.15) is 0 Å². The van der Waals surface area contributed by atoms with Crippen LogP contribution in [0.1, 0.15) is 35.6 Å². The Balaban J connectivity index is 1.99. The zero-order valence-corrected chi connectivity index (χ0v) is 19.7. The monoisotopic (exact) mass is 519 g/mol. The fraction of sp³-hybridized carbons (Fsp3) is 0.292. The molecule has 36 heavy (non-hydrogen) atoms. The lowest BCUT2D eigenvalue weighted by atomic mass is 9.92. The number of anilines is 1. The first kappa shape index (κ1) is 25.4. The molecule has 1 atom stereocenters. The van der Waals surface area contributed by atoms with E-state index in [-0.39, 0.29) is 52.4 Å². The van der Waals surface area contributed by atoms with Crippen LogP contribution < -0.4 is 4.90 Å². The summed E-state index contributed by atoms with van der Waals surface area (Å²) in [4.78, 5) is 28.6. The number of sulfone groups is 1. The summed E-state index contributed by atoms with van der Waals surface area (Å²) in [6, 6.07) is 7.77. The lowest BCUT2D eigenvalue weighted by molar-refractivity contribution is -0.137. The molecular weight excluding hydrogens is 499 g/mol. The number of ketones is 1. The number of aliphatic hydroxyl groups excluding tert-OH is 1. The Morgan fingerprint density at radius 2 is 1.86 bits per heavy atom. The number of benzene rings is 2. The number of halogens is 3. The van der Waals surface area contributed by atoms with Crippen LogP contribution in [0.5, 0.6) is 0 Å². The van der Waals surface area contributed by atoms with Crippen LogP contribution in [0.2, 0.25) is 0 Å². The number of hydrogen-bond acceptors (Lipinski definition) is 6. The van der Waals surface area contributed by atoms with Gasteiger partial charge in [0.15, 0.2) is 15.6 Å². The van der Waals surface area contributed by atoms with Gasteiger partial charge in [-0.05, 0) is 42.3 Å². The van der Waals surface area contributed by atoms with Crippen LogP contribution in [0.3, 0.4) is 0 Å². The van der Waals surface area contributed by atoms with Gasteiger partial charge in [-0.2, -0.15) is 18.4 Å². The summed E-state index contributed by atoms with van der Waals surface area (Å²) in [7, 11) is -3.93. The number of rotatable bonds is 5. The number of alkyl halides is 3. The summed E-state index contributed by atoms with van der Waals surface area (Å²) in [6.45, 7) is -0.883. The number of allylic oxidation sites excluding steroid dienone is 1. The van der Waals surface area contributed by atoms with Gasteiger partial charge in [-0.1, -0.05) is 12.1 Å². The topological polar surface area (TPSA) is 119 Å². The molecule has 1 N–H and O–H groups in total. The molecule has 2 amide bonds. The van der Waals surface area contributed by atoms with E-state index in [1.165, 1.54) is 18.2 Å². The van der Waals surface area contributed by atoms with E-state index in [2.05, 4.69) is 0 Å². The molecule has 12 heteroatoms. The molecule has 0 spiro atoms. The highest BCUT2D eigenvalue weighted by Gasteiger charge is 2.47.